The maximum Gasteiger partial charge on any atom is 0.121 e. The maximum atomic E-state index is 9.25. The summed E-state index contributed by atoms with van der Waals surface area (Å²) in [6.07, 6.45) is 1.05. The number of nitriles is 1. The van der Waals surface area contributed by atoms with E-state index in [0.717, 1.165) is 43.9 Å². The van der Waals surface area contributed by atoms with Crippen LogP contribution in [-0.4, -0.2) is 38.2 Å². The first-order chi connectivity index (χ1) is 9.74. The van der Waals surface area contributed by atoms with E-state index in [1.165, 1.54) is 0 Å². The Morgan fingerprint density at radius 1 is 1.25 bits per heavy atom. The minimum atomic E-state index is -0.252. The summed E-state index contributed by atoms with van der Waals surface area (Å²) in [5.41, 5.74) is 0.983. The van der Waals surface area contributed by atoms with Crippen molar-refractivity contribution in [2.24, 2.45) is 0 Å². The van der Waals surface area contributed by atoms with Crippen LogP contribution >= 0.6 is 0 Å². The monoisotopic (exact) mass is 275 g/mol. The molecule has 1 aromatic carbocycles. The zero-order valence-corrected chi connectivity index (χ0v) is 12.7. The van der Waals surface area contributed by atoms with Crippen LogP contribution in [0.4, 0.5) is 0 Å². The second kappa shape index (κ2) is 9.35. The SMILES string of the molecule is CCN(CC)CCCNC(C#N)c1ccc(OC)cc1. The van der Waals surface area contributed by atoms with Gasteiger partial charge in [-0.1, -0.05) is 26.0 Å². The zero-order valence-electron chi connectivity index (χ0n) is 12.7. The lowest BCUT2D eigenvalue weighted by Crippen LogP contribution is -2.28. The first kappa shape index (κ1) is 16.5. The average Bonchev–Trinajstić information content (AvgIpc) is 2.51. The van der Waals surface area contributed by atoms with Crippen LogP contribution in [0.15, 0.2) is 24.3 Å². The standard InChI is InChI=1S/C16H25N3O/c1-4-19(5-2)12-6-11-18-16(13-17)14-7-9-15(20-3)10-8-14/h7-10,16,18H,4-6,11-12H2,1-3H3. The number of ether oxygens (including phenoxy) is 1. The summed E-state index contributed by atoms with van der Waals surface area (Å²) in [4.78, 5) is 2.39. The molecule has 0 radical (unpaired) electrons. The molecule has 0 saturated heterocycles. The van der Waals surface area contributed by atoms with E-state index in [-0.39, 0.29) is 6.04 Å². The molecule has 1 rings (SSSR count). The van der Waals surface area contributed by atoms with Gasteiger partial charge in [-0.2, -0.15) is 5.26 Å². The molecule has 0 bridgehead atoms. The highest BCUT2D eigenvalue weighted by atomic mass is 16.5. The Hall–Kier alpha value is -1.57. The fourth-order valence-corrected chi connectivity index (χ4v) is 2.12. The Morgan fingerprint density at radius 2 is 1.90 bits per heavy atom. The molecule has 1 atom stereocenters. The van der Waals surface area contributed by atoms with Gasteiger partial charge >= 0.3 is 0 Å². The molecule has 0 aromatic heterocycles. The van der Waals surface area contributed by atoms with Gasteiger partial charge in [0, 0.05) is 0 Å². The summed E-state index contributed by atoms with van der Waals surface area (Å²) < 4.78 is 5.12. The van der Waals surface area contributed by atoms with Crippen molar-refractivity contribution >= 4 is 0 Å². The molecule has 0 spiro atoms. The Bertz CT molecular complexity index is 407. The molecule has 20 heavy (non-hydrogen) atoms. The second-order valence-electron chi connectivity index (χ2n) is 4.67. The van der Waals surface area contributed by atoms with E-state index >= 15 is 0 Å². The third-order valence-corrected chi connectivity index (χ3v) is 3.47. The first-order valence-electron chi connectivity index (χ1n) is 7.24. The fourth-order valence-electron chi connectivity index (χ4n) is 2.12. The van der Waals surface area contributed by atoms with Crippen LogP contribution < -0.4 is 10.1 Å². The van der Waals surface area contributed by atoms with E-state index < -0.39 is 0 Å². The topological polar surface area (TPSA) is 48.3 Å². The van der Waals surface area contributed by atoms with E-state index in [2.05, 4.69) is 30.1 Å². The number of rotatable bonds is 9. The molecule has 1 unspecified atom stereocenters. The number of nitrogens with one attached hydrogen (secondary N) is 1. The average molecular weight is 275 g/mol. The van der Waals surface area contributed by atoms with Crippen LogP contribution in [0.3, 0.4) is 0 Å². The highest BCUT2D eigenvalue weighted by Crippen LogP contribution is 2.17. The molecule has 0 aliphatic carbocycles. The van der Waals surface area contributed by atoms with Crippen molar-refractivity contribution in [3.63, 3.8) is 0 Å². The number of hydrogen-bond donors (Lipinski definition) is 1. The number of methoxy groups -OCH3 is 1. The number of nitrogens with zero attached hydrogens (tertiary/aromatic N) is 2. The van der Waals surface area contributed by atoms with Gasteiger partial charge in [-0.15, -0.1) is 0 Å². The van der Waals surface area contributed by atoms with Crippen LogP contribution in [0, 0.1) is 11.3 Å². The van der Waals surface area contributed by atoms with E-state index in [9.17, 15) is 5.26 Å². The molecule has 0 aliphatic rings. The van der Waals surface area contributed by atoms with E-state index in [0.29, 0.717) is 0 Å². The van der Waals surface area contributed by atoms with Gasteiger partial charge in [0.2, 0.25) is 0 Å². The predicted octanol–water partition coefficient (Wildman–Crippen LogP) is 2.58. The second-order valence-corrected chi connectivity index (χ2v) is 4.67. The molecule has 0 fully saturated rings. The predicted molar refractivity (Wildman–Crippen MR) is 81.8 cm³/mol. The minimum absolute atomic E-state index is 0.252. The summed E-state index contributed by atoms with van der Waals surface area (Å²) in [5, 5.41) is 12.6. The van der Waals surface area contributed by atoms with Crippen LogP contribution in [0.5, 0.6) is 5.75 Å². The Morgan fingerprint density at radius 3 is 2.40 bits per heavy atom. The van der Waals surface area contributed by atoms with Crippen LogP contribution in [0.25, 0.3) is 0 Å². The van der Waals surface area contributed by atoms with Gasteiger partial charge < -0.3 is 9.64 Å². The molecular weight excluding hydrogens is 250 g/mol. The van der Waals surface area contributed by atoms with E-state index in [4.69, 9.17) is 4.74 Å². The van der Waals surface area contributed by atoms with Crippen molar-refractivity contribution in [2.75, 3.05) is 33.3 Å². The van der Waals surface area contributed by atoms with Gasteiger partial charge in [-0.25, -0.2) is 0 Å². The van der Waals surface area contributed by atoms with Crippen LogP contribution in [-0.2, 0) is 0 Å². The van der Waals surface area contributed by atoms with Gasteiger partial charge in [-0.05, 0) is 50.3 Å². The molecule has 0 aliphatic heterocycles. The van der Waals surface area contributed by atoms with Gasteiger partial charge in [0.05, 0.1) is 13.2 Å². The summed E-state index contributed by atoms with van der Waals surface area (Å²) in [6, 6.07) is 9.70. The number of hydrogen-bond acceptors (Lipinski definition) is 4. The summed E-state index contributed by atoms with van der Waals surface area (Å²) >= 11 is 0. The summed E-state index contributed by atoms with van der Waals surface area (Å²) in [5.74, 6) is 0.812. The van der Waals surface area contributed by atoms with Crippen molar-refractivity contribution in [1.29, 1.82) is 5.26 Å². The lowest BCUT2D eigenvalue weighted by Gasteiger charge is -2.18. The van der Waals surface area contributed by atoms with Gasteiger partial charge in [0.15, 0.2) is 0 Å². The highest BCUT2D eigenvalue weighted by molar-refractivity contribution is 5.31. The third kappa shape index (κ3) is 5.20. The van der Waals surface area contributed by atoms with Gasteiger partial charge in [0.25, 0.3) is 0 Å². The largest absolute Gasteiger partial charge is 0.497 e. The Labute approximate surface area is 122 Å². The first-order valence-corrected chi connectivity index (χ1v) is 7.24. The number of benzene rings is 1. The maximum absolute atomic E-state index is 9.25. The van der Waals surface area contributed by atoms with Crippen LogP contribution in [0.2, 0.25) is 0 Å². The van der Waals surface area contributed by atoms with Crippen molar-refractivity contribution in [3.8, 4) is 11.8 Å². The molecule has 1 N–H and O–H groups in total. The van der Waals surface area contributed by atoms with Crippen molar-refractivity contribution in [2.45, 2.75) is 26.3 Å². The van der Waals surface area contributed by atoms with Crippen molar-refractivity contribution in [1.82, 2.24) is 10.2 Å². The fraction of sp³-hybridized carbons (Fsp3) is 0.562. The lowest BCUT2D eigenvalue weighted by atomic mass is 10.1. The zero-order chi connectivity index (χ0) is 14.8. The minimum Gasteiger partial charge on any atom is -0.497 e. The molecule has 110 valence electrons. The van der Waals surface area contributed by atoms with Crippen molar-refractivity contribution < 1.29 is 4.74 Å². The summed E-state index contributed by atoms with van der Waals surface area (Å²) in [7, 11) is 1.64. The molecule has 0 heterocycles. The van der Waals surface area contributed by atoms with Crippen LogP contribution in [0.1, 0.15) is 31.9 Å². The Kier molecular flexibility index (Phi) is 7.71. The quantitative estimate of drug-likeness (QED) is 0.704. The Balaban J connectivity index is 2.41. The molecule has 0 amide bonds. The van der Waals surface area contributed by atoms with Gasteiger partial charge in [-0.3, -0.25) is 5.32 Å². The normalized spacial score (nSPS) is 12.2. The molecule has 4 nitrogen and oxygen atoms in total. The molecule has 4 heteroatoms. The van der Waals surface area contributed by atoms with E-state index in [1.807, 2.05) is 24.3 Å². The van der Waals surface area contributed by atoms with Crippen molar-refractivity contribution in [3.05, 3.63) is 29.8 Å². The molecule has 0 saturated carbocycles. The third-order valence-electron chi connectivity index (χ3n) is 3.47. The molecule has 1 aromatic rings. The smallest absolute Gasteiger partial charge is 0.121 e. The molecular formula is C16H25N3O. The highest BCUT2D eigenvalue weighted by Gasteiger charge is 2.09. The van der Waals surface area contributed by atoms with E-state index in [1.54, 1.807) is 7.11 Å². The summed E-state index contributed by atoms with van der Waals surface area (Å²) in [6.45, 7) is 8.42. The van der Waals surface area contributed by atoms with Gasteiger partial charge in [0.1, 0.15) is 11.8 Å². The lowest BCUT2D eigenvalue weighted by molar-refractivity contribution is 0.297.